The van der Waals surface area contributed by atoms with Crippen molar-refractivity contribution < 1.29 is 4.79 Å². The average Bonchev–Trinajstić information content (AvgIpc) is 3.24. The van der Waals surface area contributed by atoms with Crippen LogP contribution >= 0.6 is 0 Å². The van der Waals surface area contributed by atoms with Crippen molar-refractivity contribution in [3.63, 3.8) is 0 Å². The second kappa shape index (κ2) is 7.78. The fourth-order valence-electron chi connectivity index (χ4n) is 3.83. The van der Waals surface area contributed by atoms with Gasteiger partial charge in [0, 0.05) is 51.0 Å². The van der Waals surface area contributed by atoms with Crippen molar-refractivity contribution in [3.05, 3.63) is 48.7 Å². The van der Waals surface area contributed by atoms with Crippen LogP contribution in [0.1, 0.15) is 24.4 Å². The van der Waals surface area contributed by atoms with Crippen LogP contribution < -0.4 is 4.90 Å². The smallest absolute Gasteiger partial charge is 0.244 e. The van der Waals surface area contributed by atoms with Crippen LogP contribution in [0.15, 0.2) is 43.1 Å². The Hall–Kier alpha value is -2.54. The second-order valence-corrected chi connectivity index (χ2v) is 6.81. The van der Waals surface area contributed by atoms with Gasteiger partial charge in [0.2, 0.25) is 5.91 Å². The van der Waals surface area contributed by atoms with Crippen molar-refractivity contribution in [1.82, 2.24) is 24.8 Å². The fraction of sp³-hybridized carbons (Fsp3) is 0.474. The molecule has 4 rings (SSSR count). The molecular formula is C19H24N6O. The molecule has 136 valence electrons. The molecule has 0 bridgehead atoms. The SMILES string of the molecule is O=C([C@@H](c1cccnc1)N1CCCC1)N1CCN(c2cnccn2)CC1. The third kappa shape index (κ3) is 3.53. The highest BCUT2D eigenvalue weighted by Crippen LogP contribution is 2.27. The van der Waals surface area contributed by atoms with Crippen LogP contribution in [0.25, 0.3) is 0 Å². The summed E-state index contributed by atoms with van der Waals surface area (Å²) in [5, 5.41) is 0. The summed E-state index contributed by atoms with van der Waals surface area (Å²) in [5.74, 6) is 1.07. The molecule has 4 heterocycles. The molecule has 0 saturated carbocycles. The van der Waals surface area contributed by atoms with Crippen molar-refractivity contribution in [2.24, 2.45) is 0 Å². The van der Waals surface area contributed by atoms with E-state index in [1.165, 1.54) is 0 Å². The van der Waals surface area contributed by atoms with Gasteiger partial charge in [-0.2, -0.15) is 0 Å². The standard InChI is InChI=1S/C19H24N6O/c26-19(18(24-8-1-2-9-24)16-4-3-5-20-14-16)25-12-10-23(11-13-25)17-15-21-6-7-22-17/h3-7,14-15,18H,1-2,8-13H2/t18-/m1/s1. The van der Waals surface area contributed by atoms with Crippen molar-refractivity contribution >= 4 is 11.7 Å². The maximum atomic E-state index is 13.3. The third-order valence-corrected chi connectivity index (χ3v) is 5.20. The van der Waals surface area contributed by atoms with Crippen molar-refractivity contribution in [2.75, 3.05) is 44.2 Å². The molecule has 0 aromatic carbocycles. The van der Waals surface area contributed by atoms with Crippen LogP contribution in [0, 0.1) is 0 Å². The van der Waals surface area contributed by atoms with E-state index in [1.54, 1.807) is 24.8 Å². The Bertz CT molecular complexity index is 711. The fourth-order valence-corrected chi connectivity index (χ4v) is 3.83. The first-order chi connectivity index (χ1) is 12.8. The zero-order valence-electron chi connectivity index (χ0n) is 14.9. The summed E-state index contributed by atoms with van der Waals surface area (Å²) in [5.41, 5.74) is 0.996. The number of aromatic nitrogens is 3. The van der Waals surface area contributed by atoms with E-state index >= 15 is 0 Å². The molecule has 2 saturated heterocycles. The minimum atomic E-state index is -0.214. The normalized spacial score (nSPS) is 19.5. The molecule has 0 N–H and O–H groups in total. The highest BCUT2D eigenvalue weighted by Gasteiger charge is 2.34. The van der Waals surface area contributed by atoms with Crippen LogP contribution in [-0.4, -0.2) is 69.9 Å². The molecule has 2 fully saturated rings. The minimum Gasteiger partial charge on any atom is -0.352 e. The van der Waals surface area contributed by atoms with Gasteiger partial charge in [0.1, 0.15) is 11.9 Å². The number of likely N-dealkylation sites (tertiary alicyclic amines) is 1. The van der Waals surface area contributed by atoms with Gasteiger partial charge in [-0.3, -0.25) is 19.7 Å². The number of carbonyl (C=O) groups excluding carboxylic acids is 1. The maximum Gasteiger partial charge on any atom is 0.244 e. The van der Waals surface area contributed by atoms with E-state index in [0.717, 1.165) is 50.4 Å². The summed E-state index contributed by atoms with van der Waals surface area (Å²) in [4.78, 5) is 32.5. The quantitative estimate of drug-likeness (QED) is 0.828. The summed E-state index contributed by atoms with van der Waals surface area (Å²) in [6.45, 7) is 4.93. The van der Waals surface area contributed by atoms with E-state index in [2.05, 4.69) is 24.8 Å². The van der Waals surface area contributed by atoms with E-state index in [0.29, 0.717) is 13.1 Å². The van der Waals surface area contributed by atoms with Crippen LogP contribution in [0.3, 0.4) is 0 Å². The van der Waals surface area contributed by atoms with E-state index in [9.17, 15) is 4.79 Å². The number of piperazine rings is 1. The summed E-state index contributed by atoms with van der Waals surface area (Å²) in [6, 6.07) is 3.72. The molecule has 7 nitrogen and oxygen atoms in total. The predicted molar refractivity (Wildman–Crippen MR) is 98.6 cm³/mol. The highest BCUT2D eigenvalue weighted by atomic mass is 16.2. The highest BCUT2D eigenvalue weighted by molar-refractivity contribution is 5.83. The summed E-state index contributed by atoms with van der Waals surface area (Å²) in [7, 11) is 0. The Balaban J connectivity index is 1.47. The number of carbonyl (C=O) groups is 1. The number of hydrogen-bond donors (Lipinski definition) is 0. The topological polar surface area (TPSA) is 65.5 Å². The van der Waals surface area contributed by atoms with Gasteiger partial charge in [-0.15, -0.1) is 0 Å². The van der Waals surface area contributed by atoms with Crippen LogP contribution in [-0.2, 0) is 4.79 Å². The second-order valence-electron chi connectivity index (χ2n) is 6.81. The van der Waals surface area contributed by atoms with Gasteiger partial charge < -0.3 is 9.80 Å². The molecule has 0 spiro atoms. The Morgan fingerprint density at radius 3 is 2.35 bits per heavy atom. The molecule has 0 radical (unpaired) electrons. The summed E-state index contributed by atoms with van der Waals surface area (Å²) >= 11 is 0. The van der Waals surface area contributed by atoms with E-state index in [1.807, 2.05) is 23.2 Å². The van der Waals surface area contributed by atoms with Crippen LogP contribution in [0.2, 0.25) is 0 Å². The third-order valence-electron chi connectivity index (χ3n) is 5.20. The molecule has 26 heavy (non-hydrogen) atoms. The lowest BCUT2D eigenvalue weighted by Crippen LogP contribution is -2.52. The number of nitrogens with zero attached hydrogens (tertiary/aromatic N) is 6. The lowest BCUT2D eigenvalue weighted by molar-refractivity contribution is -0.137. The van der Waals surface area contributed by atoms with Gasteiger partial charge in [-0.05, 0) is 37.6 Å². The molecule has 2 aromatic heterocycles. The largest absolute Gasteiger partial charge is 0.352 e. The molecular weight excluding hydrogens is 328 g/mol. The predicted octanol–water partition coefficient (Wildman–Crippen LogP) is 1.36. The zero-order valence-corrected chi connectivity index (χ0v) is 14.9. The van der Waals surface area contributed by atoms with Gasteiger partial charge in [0.15, 0.2) is 0 Å². The molecule has 1 atom stereocenters. The summed E-state index contributed by atoms with van der Waals surface area (Å²) in [6.07, 6.45) is 11.1. The number of anilines is 1. The van der Waals surface area contributed by atoms with Gasteiger partial charge >= 0.3 is 0 Å². The number of pyridine rings is 1. The molecule has 7 heteroatoms. The van der Waals surface area contributed by atoms with Crippen LogP contribution in [0.4, 0.5) is 5.82 Å². The van der Waals surface area contributed by atoms with Crippen molar-refractivity contribution in [2.45, 2.75) is 18.9 Å². The van der Waals surface area contributed by atoms with Gasteiger partial charge in [-0.25, -0.2) is 4.98 Å². The minimum absolute atomic E-state index is 0.193. The van der Waals surface area contributed by atoms with Gasteiger partial charge in [-0.1, -0.05) is 6.07 Å². The monoisotopic (exact) mass is 352 g/mol. The first-order valence-corrected chi connectivity index (χ1v) is 9.26. The molecule has 0 aliphatic carbocycles. The van der Waals surface area contributed by atoms with Crippen molar-refractivity contribution in [1.29, 1.82) is 0 Å². The lowest BCUT2D eigenvalue weighted by Gasteiger charge is -2.38. The maximum absolute atomic E-state index is 13.3. The number of hydrogen-bond acceptors (Lipinski definition) is 6. The average molecular weight is 352 g/mol. The first kappa shape index (κ1) is 16.9. The van der Waals surface area contributed by atoms with Gasteiger partial charge in [0.05, 0.1) is 6.20 Å². The van der Waals surface area contributed by atoms with E-state index < -0.39 is 0 Å². The number of rotatable bonds is 4. The Kier molecular flexibility index (Phi) is 5.06. The lowest BCUT2D eigenvalue weighted by atomic mass is 10.1. The van der Waals surface area contributed by atoms with Crippen molar-refractivity contribution in [3.8, 4) is 0 Å². The molecule has 1 amide bonds. The Labute approximate surface area is 153 Å². The van der Waals surface area contributed by atoms with Crippen LogP contribution in [0.5, 0.6) is 0 Å². The number of amides is 1. The van der Waals surface area contributed by atoms with E-state index in [4.69, 9.17) is 0 Å². The first-order valence-electron chi connectivity index (χ1n) is 9.26. The molecule has 2 aliphatic heterocycles. The molecule has 0 unspecified atom stereocenters. The van der Waals surface area contributed by atoms with E-state index in [-0.39, 0.29) is 11.9 Å². The zero-order chi connectivity index (χ0) is 17.8. The Morgan fingerprint density at radius 1 is 0.923 bits per heavy atom. The van der Waals surface area contributed by atoms with Gasteiger partial charge in [0.25, 0.3) is 0 Å². The molecule has 2 aromatic rings. The molecule has 2 aliphatic rings. The Morgan fingerprint density at radius 2 is 1.69 bits per heavy atom. The summed E-state index contributed by atoms with van der Waals surface area (Å²) < 4.78 is 0.